The van der Waals surface area contributed by atoms with Crippen molar-refractivity contribution in [2.75, 3.05) is 6.79 Å². The standard InChI is InChI=1S/C20H23NO2.C2H2O4/c1-2-4-16(5-3-1)17-7-9-18(10-8-17)21-13-15-6-11-19-20(12-15)23-14-22-19;3-1(4)2(5)6/h1-6,11-12,17-18,21H,7-10,13-14H2;(H,3,4)(H,5,6). The van der Waals surface area contributed by atoms with Gasteiger partial charge in [-0.05, 0) is 54.9 Å². The number of carboxylic acid groups (broad SMARTS) is 2. The largest absolute Gasteiger partial charge is 0.473 e. The highest BCUT2D eigenvalue weighted by molar-refractivity contribution is 6.27. The van der Waals surface area contributed by atoms with Crippen LogP contribution in [0.15, 0.2) is 48.5 Å². The van der Waals surface area contributed by atoms with Gasteiger partial charge >= 0.3 is 11.9 Å². The van der Waals surface area contributed by atoms with Gasteiger partial charge in [-0.25, -0.2) is 9.59 Å². The average molecular weight is 399 g/mol. The summed E-state index contributed by atoms with van der Waals surface area (Å²) in [5, 5.41) is 18.5. The van der Waals surface area contributed by atoms with E-state index in [1.165, 1.54) is 36.8 Å². The van der Waals surface area contributed by atoms with Crippen LogP contribution in [0, 0.1) is 0 Å². The number of carboxylic acids is 2. The Morgan fingerprint density at radius 3 is 2.21 bits per heavy atom. The third-order valence-electron chi connectivity index (χ3n) is 5.21. The zero-order valence-corrected chi connectivity index (χ0v) is 16.0. The van der Waals surface area contributed by atoms with Gasteiger partial charge in [0.05, 0.1) is 0 Å². The summed E-state index contributed by atoms with van der Waals surface area (Å²) in [5.41, 5.74) is 2.76. The normalized spacial score (nSPS) is 19.7. The molecule has 4 rings (SSSR count). The van der Waals surface area contributed by atoms with E-state index in [1.54, 1.807) is 0 Å². The predicted octanol–water partition coefficient (Wildman–Crippen LogP) is 3.39. The Hall–Kier alpha value is -3.06. The van der Waals surface area contributed by atoms with Gasteiger partial charge in [-0.1, -0.05) is 36.4 Å². The topological polar surface area (TPSA) is 105 Å². The zero-order chi connectivity index (χ0) is 20.6. The minimum atomic E-state index is -1.82. The van der Waals surface area contributed by atoms with Crippen molar-refractivity contribution in [3.63, 3.8) is 0 Å². The van der Waals surface area contributed by atoms with Crippen molar-refractivity contribution in [1.29, 1.82) is 0 Å². The van der Waals surface area contributed by atoms with Crippen molar-refractivity contribution < 1.29 is 29.3 Å². The molecule has 7 nitrogen and oxygen atoms in total. The van der Waals surface area contributed by atoms with Crippen LogP contribution in [0.1, 0.15) is 42.7 Å². The van der Waals surface area contributed by atoms with Crippen LogP contribution in [0.25, 0.3) is 0 Å². The molecule has 0 aromatic heterocycles. The molecule has 0 amide bonds. The Morgan fingerprint density at radius 1 is 0.897 bits per heavy atom. The molecule has 7 heteroatoms. The van der Waals surface area contributed by atoms with E-state index in [9.17, 15) is 0 Å². The SMILES string of the molecule is O=C(O)C(=O)O.c1ccc(C2CCC(NCc3ccc4c(c3)OCO4)CC2)cc1. The van der Waals surface area contributed by atoms with Gasteiger partial charge in [-0.2, -0.15) is 0 Å². The molecule has 154 valence electrons. The highest BCUT2D eigenvalue weighted by atomic mass is 16.7. The Kier molecular flexibility index (Phi) is 7.08. The Morgan fingerprint density at radius 2 is 1.55 bits per heavy atom. The van der Waals surface area contributed by atoms with E-state index in [2.05, 4.69) is 47.8 Å². The fraction of sp³-hybridized carbons (Fsp3) is 0.364. The second-order valence-electron chi connectivity index (χ2n) is 7.14. The smallest absolute Gasteiger partial charge is 0.414 e. The highest BCUT2D eigenvalue weighted by Crippen LogP contribution is 2.34. The lowest BCUT2D eigenvalue weighted by molar-refractivity contribution is -0.159. The quantitative estimate of drug-likeness (QED) is 0.677. The number of ether oxygens (including phenoxy) is 2. The van der Waals surface area contributed by atoms with Crippen LogP contribution in [0.5, 0.6) is 11.5 Å². The summed E-state index contributed by atoms with van der Waals surface area (Å²) in [6.45, 7) is 1.24. The van der Waals surface area contributed by atoms with Crippen LogP contribution in [-0.4, -0.2) is 35.0 Å². The number of fused-ring (bicyclic) bond motifs is 1. The molecule has 1 fully saturated rings. The second kappa shape index (κ2) is 9.93. The molecule has 3 N–H and O–H groups in total. The lowest BCUT2D eigenvalue weighted by atomic mass is 9.82. The summed E-state index contributed by atoms with van der Waals surface area (Å²) >= 11 is 0. The summed E-state index contributed by atoms with van der Waals surface area (Å²) in [6.07, 6.45) is 5.07. The summed E-state index contributed by atoms with van der Waals surface area (Å²) in [6, 6.07) is 17.8. The highest BCUT2D eigenvalue weighted by Gasteiger charge is 2.22. The van der Waals surface area contributed by atoms with Crippen molar-refractivity contribution in [3.8, 4) is 11.5 Å². The van der Waals surface area contributed by atoms with Gasteiger partial charge in [0.1, 0.15) is 0 Å². The third kappa shape index (κ3) is 5.96. The van der Waals surface area contributed by atoms with Crippen LogP contribution >= 0.6 is 0 Å². The van der Waals surface area contributed by atoms with Gasteiger partial charge in [0.2, 0.25) is 6.79 Å². The van der Waals surface area contributed by atoms with Gasteiger partial charge in [0.25, 0.3) is 0 Å². The molecule has 1 aliphatic heterocycles. The summed E-state index contributed by atoms with van der Waals surface area (Å²) in [5.74, 6) is -1.18. The fourth-order valence-electron chi connectivity index (χ4n) is 3.67. The second-order valence-corrected chi connectivity index (χ2v) is 7.14. The van der Waals surface area contributed by atoms with E-state index in [-0.39, 0.29) is 0 Å². The van der Waals surface area contributed by atoms with E-state index in [0.717, 1.165) is 24.0 Å². The van der Waals surface area contributed by atoms with E-state index in [4.69, 9.17) is 29.3 Å². The van der Waals surface area contributed by atoms with Crippen LogP contribution in [0.2, 0.25) is 0 Å². The summed E-state index contributed by atoms with van der Waals surface area (Å²) in [7, 11) is 0. The van der Waals surface area contributed by atoms with Gasteiger partial charge in [-0.3, -0.25) is 0 Å². The first kappa shape index (κ1) is 20.7. The average Bonchev–Trinajstić information content (AvgIpc) is 3.21. The van der Waals surface area contributed by atoms with Crippen LogP contribution < -0.4 is 14.8 Å². The minimum absolute atomic E-state index is 0.343. The van der Waals surface area contributed by atoms with Crippen LogP contribution in [0.3, 0.4) is 0 Å². The molecule has 0 bridgehead atoms. The molecule has 0 atom stereocenters. The van der Waals surface area contributed by atoms with Crippen molar-refractivity contribution in [2.45, 2.75) is 44.2 Å². The van der Waals surface area contributed by atoms with E-state index in [0.29, 0.717) is 12.8 Å². The molecule has 1 heterocycles. The number of carbonyl (C=O) groups is 2. The van der Waals surface area contributed by atoms with Gasteiger partial charge in [0, 0.05) is 12.6 Å². The molecule has 2 aliphatic rings. The van der Waals surface area contributed by atoms with Crippen molar-refractivity contribution >= 4 is 11.9 Å². The fourth-order valence-corrected chi connectivity index (χ4v) is 3.67. The molecule has 1 saturated carbocycles. The van der Waals surface area contributed by atoms with Crippen molar-refractivity contribution in [2.24, 2.45) is 0 Å². The van der Waals surface area contributed by atoms with Crippen LogP contribution in [-0.2, 0) is 16.1 Å². The molecule has 2 aromatic rings. The lowest BCUT2D eigenvalue weighted by Gasteiger charge is -2.29. The molecule has 0 spiro atoms. The summed E-state index contributed by atoms with van der Waals surface area (Å²) < 4.78 is 10.8. The molecule has 2 aromatic carbocycles. The molecule has 29 heavy (non-hydrogen) atoms. The molecule has 0 saturated heterocycles. The van der Waals surface area contributed by atoms with Gasteiger partial charge < -0.3 is 25.0 Å². The maximum absolute atomic E-state index is 9.10. The molecular weight excluding hydrogens is 374 g/mol. The third-order valence-corrected chi connectivity index (χ3v) is 5.21. The molecule has 1 aliphatic carbocycles. The minimum Gasteiger partial charge on any atom is -0.473 e. The lowest BCUT2D eigenvalue weighted by Crippen LogP contribution is -2.32. The van der Waals surface area contributed by atoms with Crippen molar-refractivity contribution in [1.82, 2.24) is 5.32 Å². The zero-order valence-electron chi connectivity index (χ0n) is 16.0. The number of aliphatic carboxylic acids is 2. The first-order valence-electron chi connectivity index (χ1n) is 9.66. The van der Waals surface area contributed by atoms with Crippen LogP contribution in [0.4, 0.5) is 0 Å². The number of hydrogen-bond acceptors (Lipinski definition) is 5. The molecular formula is C22H25NO6. The van der Waals surface area contributed by atoms with E-state index in [1.807, 2.05) is 6.07 Å². The van der Waals surface area contributed by atoms with Crippen molar-refractivity contribution in [3.05, 3.63) is 59.7 Å². The number of nitrogens with one attached hydrogen (secondary N) is 1. The maximum Gasteiger partial charge on any atom is 0.414 e. The van der Waals surface area contributed by atoms with E-state index < -0.39 is 11.9 Å². The molecule has 0 radical (unpaired) electrons. The first-order valence-corrected chi connectivity index (χ1v) is 9.66. The number of benzene rings is 2. The maximum atomic E-state index is 9.10. The Balaban J connectivity index is 0.000000353. The summed E-state index contributed by atoms with van der Waals surface area (Å²) in [4.78, 5) is 18.2. The number of hydrogen-bond donors (Lipinski definition) is 3. The Labute approximate surface area is 169 Å². The van der Waals surface area contributed by atoms with Gasteiger partial charge in [0.15, 0.2) is 11.5 Å². The molecule has 0 unspecified atom stereocenters. The Bertz CT molecular complexity index is 818. The van der Waals surface area contributed by atoms with E-state index >= 15 is 0 Å². The van der Waals surface area contributed by atoms with Gasteiger partial charge in [-0.15, -0.1) is 0 Å². The monoisotopic (exact) mass is 399 g/mol. The predicted molar refractivity (Wildman–Crippen MR) is 106 cm³/mol. The first-order chi connectivity index (χ1) is 14.0. The number of rotatable bonds is 4.